The second-order valence-corrected chi connectivity index (χ2v) is 4.63. The Hall–Kier alpha value is -1.83. The SMILES string of the molecule is CC(=O)n1cc2c(c1)-c1ccccc1CCC2. The second-order valence-electron chi connectivity index (χ2n) is 4.63. The second kappa shape index (κ2) is 3.88. The summed E-state index contributed by atoms with van der Waals surface area (Å²) in [5.74, 6) is 0.0792. The number of benzene rings is 1. The molecule has 0 aliphatic heterocycles. The smallest absolute Gasteiger partial charge is 0.227 e. The molecule has 0 unspecified atom stereocenters. The summed E-state index contributed by atoms with van der Waals surface area (Å²) in [7, 11) is 0. The van der Waals surface area contributed by atoms with Gasteiger partial charge in [-0.1, -0.05) is 24.3 Å². The van der Waals surface area contributed by atoms with Gasteiger partial charge in [-0.2, -0.15) is 0 Å². The van der Waals surface area contributed by atoms with Gasteiger partial charge in [0.15, 0.2) is 0 Å². The van der Waals surface area contributed by atoms with Crippen LogP contribution in [0.15, 0.2) is 36.7 Å². The van der Waals surface area contributed by atoms with Crippen molar-refractivity contribution < 1.29 is 4.79 Å². The minimum Gasteiger partial charge on any atom is -0.294 e. The van der Waals surface area contributed by atoms with Gasteiger partial charge in [0.05, 0.1) is 0 Å². The molecule has 2 aromatic rings. The zero-order valence-corrected chi connectivity index (χ0v) is 9.94. The van der Waals surface area contributed by atoms with Gasteiger partial charge in [-0.25, -0.2) is 0 Å². The highest BCUT2D eigenvalue weighted by molar-refractivity contribution is 5.80. The monoisotopic (exact) mass is 225 g/mol. The predicted octanol–water partition coefficient (Wildman–Crippen LogP) is 3.30. The van der Waals surface area contributed by atoms with Crippen LogP contribution in [-0.4, -0.2) is 10.5 Å². The molecule has 1 aliphatic carbocycles. The fourth-order valence-electron chi connectivity index (χ4n) is 2.59. The molecule has 1 aromatic carbocycles. The molecule has 2 heteroatoms. The van der Waals surface area contributed by atoms with Crippen molar-refractivity contribution in [3.8, 4) is 11.1 Å². The van der Waals surface area contributed by atoms with Crippen LogP contribution in [0.25, 0.3) is 11.1 Å². The molecule has 0 N–H and O–H groups in total. The van der Waals surface area contributed by atoms with E-state index >= 15 is 0 Å². The summed E-state index contributed by atoms with van der Waals surface area (Å²) in [5, 5.41) is 0. The van der Waals surface area contributed by atoms with Crippen LogP contribution in [0.3, 0.4) is 0 Å². The molecule has 0 radical (unpaired) electrons. The number of rotatable bonds is 0. The Morgan fingerprint density at radius 2 is 1.82 bits per heavy atom. The van der Waals surface area contributed by atoms with E-state index in [-0.39, 0.29) is 5.91 Å². The first-order chi connectivity index (χ1) is 8.25. The summed E-state index contributed by atoms with van der Waals surface area (Å²) < 4.78 is 1.70. The van der Waals surface area contributed by atoms with Crippen LogP contribution < -0.4 is 0 Å². The van der Waals surface area contributed by atoms with Gasteiger partial charge in [-0.15, -0.1) is 0 Å². The van der Waals surface area contributed by atoms with Crippen molar-refractivity contribution in [2.45, 2.75) is 26.2 Å². The van der Waals surface area contributed by atoms with Gasteiger partial charge in [-0.05, 0) is 36.0 Å². The molecule has 1 heterocycles. The Morgan fingerprint density at radius 1 is 1.06 bits per heavy atom. The number of nitrogens with zero attached hydrogens (tertiary/aromatic N) is 1. The molecule has 0 fully saturated rings. The third-order valence-corrected chi connectivity index (χ3v) is 3.47. The first kappa shape index (κ1) is 10.3. The fraction of sp³-hybridized carbons (Fsp3) is 0.267. The van der Waals surface area contributed by atoms with Gasteiger partial charge in [-0.3, -0.25) is 9.36 Å². The minimum atomic E-state index is 0.0792. The Balaban J connectivity index is 2.21. The van der Waals surface area contributed by atoms with Crippen LogP contribution in [0.1, 0.15) is 29.3 Å². The quantitative estimate of drug-likeness (QED) is 0.674. The van der Waals surface area contributed by atoms with Gasteiger partial charge < -0.3 is 0 Å². The number of fused-ring (bicyclic) bond motifs is 3. The molecule has 1 aromatic heterocycles. The van der Waals surface area contributed by atoms with E-state index in [1.807, 2.05) is 12.4 Å². The topological polar surface area (TPSA) is 22.0 Å². The van der Waals surface area contributed by atoms with E-state index in [1.165, 1.54) is 22.3 Å². The van der Waals surface area contributed by atoms with Gasteiger partial charge in [0.25, 0.3) is 0 Å². The molecular weight excluding hydrogens is 210 g/mol. The summed E-state index contributed by atoms with van der Waals surface area (Å²) in [6.07, 6.45) is 7.31. The fourth-order valence-corrected chi connectivity index (χ4v) is 2.59. The maximum atomic E-state index is 11.4. The molecule has 2 nitrogen and oxygen atoms in total. The highest BCUT2D eigenvalue weighted by Crippen LogP contribution is 2.32. The van der Waals surface area contributed by atoms with Gasteiger partial charge in [0, 0.05) is 24.9 Å². The van der Waals surface area contributed by atoms with E-state index in [9.17, 15) is 4.79 Å². The lowest BCUT2D eigenvalue weighted by atomic mass is 10.0. The number of aryl methyl sites for hydroxylation is 2. The van der Waals surface area contributed by atoms with Gasteiger partial charge >= 0.3 is 0 Å². The molecule has 3 rings (SSSR count). The average molecular weight is 225 g/mol. The molecule has 0 atom stereocenters. The van der Waals surface area contributed by atoms with Crippen molar-refractivity contribution in [3.63, 3.8) is 0 Å². The van der Waals surface area contributed by atoms with Gasteiger partial charge in [0.2, 0.25) is 5.91 Å². The largest absolute Gasteiger partial charge is 0.294 e. The average Bonchev–Trinajstić information content (AvgIpc) is 2.67. The van der Waals surface area contributed by atoms with Crippen molar-refractivity contribution in [3.05, 3.63) is 47.8 Å². The van der Waals surface area contributed by atoms with E-state index < -0.39 is 0 Å². The molecule has 0 saturated carbocycles. The lowest BCUT2D eigenvalue weighted by molar-refractivity contribution is 0.0937. The van der Waals surface area contributed by atoms with Gasteiger partial charge in [0.1, 0.15) is 0 Å². The number of hydrogen-bond acceptors (Lipinski definition) is 1. The first-order valence-electron chi connectivity index (χ1n) is 6.06. The predicted molar refractivity (Wildman–Crippen MR) is 68.2 cm³/mol. The summed E-state index contributed by atoms with van der Waals surface area (Å²) >= 11 is 0. The van der Waals surface area contributed by atoms with Crippen LogP contribution in [0, 0.1) is 0 Å². The number of aromatic nitrogens is 1. The minimum absolute atomic E-state index is 0.0792. The van der Waals surface area contributed by atoms with Crippen molar-refractivity contribution in [2.24, 2.45) is 0 Å². The van der Waals surface area contributed by atoms with E-state index in [0.717, 1.165) is 19.3 Å². The third-order valence-electron chi connectivity index (χ3n) is 3.47. The Morgan fingerprint density at radius 3 is 2.65 bits per heavy atom. The van der Waals surface area contributed by atoms with Crippen molar-refractivity contribution in [2.75, 3.05) is 0 Å². The third kappa shape index (κ3) is 1.70. The summed E-state index contributed by atoms with van der Waals surface area (Å²) in [4.78, 5) is 11.4. The number of hydrogen-bond donors (Lipinski definition) is 0. The first-order valence-corrected chi connectivity index (χ1v) is 6.06. The maximum absolute atomic E-state index is 11.4. The number of carbonyl (C=O) groups is 1. The van der Waals surface area contributed by atoms with Crippen molar-refractivity contribution >= 4 is 5.91 Å². The highest BCUT2D eigenvalue weighted by atomic mass is 16.1. The van der Waals surface area contributed by atoms with Crippen molar-refractivity contribution in [1.29, 1.82) is 0 Å². The molecule has 0 saturated heterocycles. The van der Waals surface area contributed by atoms with E-state index in [4.69, 9.17) is 0 Å². The zero-order chi connectivity index (χ0) is 11.8. The van der Waals surface area contributed by atoms with Crippen molar-refractivity contribution in [1.82, 2.24) is 4.57 Å². The standard InChI is InChI=1S/C15H15NO/c1-11(17)16-9-13-7-4-6-12-5-2-3-8-14(12)15(13)10-16/h2-3,5,8-10H,4,6-7H2,1H3. The molecule has 17 heavy (non-hydrogen) atoms. The molecule has 0 bridgehead atoms. The zero-order valence-electron chi connectivity index (χ0n) is 9.94. The maximum Gasteiger partial charge on any atom is 0.227 e. The Kier molecular flexibility index (Phi) is 2.36. The summed E-state index contributed by atoms with van der Waals surface area (Å²) in [5.41, 5.74) is 5.21. The normalized spacial score (nSPS) is 13.7. The Labute approximate surface area is 101 Å². The lowest BCUT2D eigenvalue weighted by Gasteiger charge is -2.04. The molecule has 0 spiro atoms. The van der Waals surface area contributed by atoms with Crippen LogP contribution >= 0.6 is 0 Å². The molecule has 86 valence electrons. The van der Waals surface area contributed by atoms with Crippen LogP contribution in [-0.2, 0) is 12.8 Å². The molecule has 1 aliphatic rings. The van der Waals surface area contributed by atoms with Crippen LogP contribution in [0.4, 0.5) is 0 Å². The Bertz CT molecular complexity index is 580. The van der Waals surface area contributed by atoms with Crippen LogP contribution in [0.2, 0.25) is 0 Å². The molecular formula is C15H15NO. The van der Waals surface area contributed by atoms with E-state index in [1.54, 1.807) is 11.5 Å². The van der Waals surface area contributed by atoms with E-state index in [0.29, 0.717) is 0 Å². The summed E-state index contributed by atoms with van der Waals surface area (Å²) in [6.45, 7) is 1.60. The lowest BCUT2D eigenvalue weighted by Crippen LogP contribution is -2.01. The summed E-state index contributed by atoms with van der Waals surface area (Å²) in [6, 6.07) is 8.50. The van der Waals surface area contributed by atoms with Crippen LogP contribution in [0.5, 0.6) is 0 Å². The number of carbonyl (C=O) groups excluding carboxylic acids is 1. The highest BCUT2D eigenvalue weighted by Gasteiger charge is 2.16. The van der Waals surface area contributed by atoms with E-state index in [2.05, 4.69) is 24.3 Å². The molecule has 0 amide bonds.